The van der Waals surface area contributed by atoms with Gasteiger partial charge in [0.2, 0.25) is 0 Å². The third kappa shape index (κ3) is 43.8. The molecule has 0 saturated heterocycles. The molecule has 0 amide bonds. The van der Waals surface area contributed by atoms with Gasteiger partial charge in [-0.2, -0.15) is 0 Å². The van der Waals surface area contributed by atoms with Crippen LogP contribution in [0.3, 0.4) is 0 Å². The molecular weight excluding hydrogens is 693 g/mol. The van der Waals surface area contributed by atoms with E-state index in [1.54, 1.807) is 0 Å². The molecule has 0 aliphatic carbocycles. The molecule has 1 N–H and O–H groups in total. The smallest absolute Gasteiger partial charge is 0.306 e. The van der Waals surface area contributed by atoms with Crippen LogP contribution in [0, 0.1) is 0 Å². The average Bonchev–Trinajstić information content (AvgIpc) is 3.20. The molecule has 0 bridgehead atoms. The van der Waals surface area contributed by atoms with Crippen molar-refractivity contribution in [2.75, 3.05) is 13.2 Å². The van der Waals surface area contributed by atoms with Crippen LogP contribution in [0.4, 0.5) is 0 Å². The van der Waals surface area contributed by atoms with Crippen molar-refractivity contribution < 1.29 is 24.2 Å². The van der Waals surface area contributed by atoms with Crippen molar-refractivity contribution in [3.8, 4) is 0 Å². The van der Waals surface area contributed by atoms with Gasteiger partial charge in [-0.3, -0.25) is 9.59 Å². The lowest BCUT2D eigenvalue weighted by Gasteiger charge is -2.15. The molecule has 0 aliphatic rings. The Morgan fingerprint density at radius 2 is 0.714 bits per heavy atom. The van der Waals surface area contributed by atoms with Crippen LogP contribution in [0.2, 0.25) is 0 Å². The van der Waals surface area contributed by atoms with E-state index in [-0.39, 0.29) is 25.2 Å². The minimum atomic E-state index is -0.781. The summed E-state index contributed by atoms with van der Waals surface area (Å²) >= 11 is 0. The predicted octanol–water partition coefficient (Wildman–Crippen LogP) is 15.1. The number of hydrogen-bond donors (Lipinski definition) is 1. The SMILES string of the molecule is CC/C=C\C/C=C\C/C=C\C/C=C\CCCCCCCCCCCCCCC(=O)OC(CO)COC(=O)CCCCCCCCC/C=C\C/C=C\C/C=C\CC. The number of unbranched alkanes of at least 4 members (excludes halogenated alkanes) is 19. The number of esters is 2. The normalized spacial score (nSPS) is 13.0. The summed E-state index contributed by atoms with van der Waals surface area (Å²) < 4.78 is 10.6. The van der Waals surface area contributed by atoms with Crippen molar-refractivity contribution in [2.45, 2.75) is 213 Å². The molecule has 0 aliphatic heterocycles. The number of carbonyl (C=O) groups is 2. The lowest BCUT2D eigenvalue weighted by atomic mass is 10.0. The monoisotopic (exact) mass is 779 g/mol. The molecule has 1 atom stereocenters. The van der Waals surface area contributed by atoms with E-state index >= 15 is 0 Å². The lowest BCUT2D eigenvalue weighted by molar-refractivity contribution is -0.161. The first-order valence-electron chi connectivity index (χ1n) is 23.1. The molecule has 0 radical (unpaired) electrons. The number of aliphatic hydroxyl groups is 1. The molecule has 0 heterocycles. The second-order valence-electron chi connectivity index (χ2n) is 15.1. The van der Waals surface area contributed by atoms with Gasteiger partial charge in [-0.15, -0.1) is 0 Å². The van der Waals surface area contributed by atoms with Crippen LogP contribution >= 0.6 is 0 Å². The minimum absolute atomic E-state index is 0.0753. The van der Waals surface area contributed by atoms with Gasteiger partial charge in [0.15, 0.2) is 6.10 Å². The van der Waals surface area contributed by atoms with E-state index in [0.717, 1.165) is 89.9 Å². The van der Waals surface area contributed by atoms with Gasteiger partial charge in [0, 0.05) is 12.8 Å². The highest BCUT2D eigenvalue weighted by atomic mass is 16.6. The molecule has 1 unspecified atom stereocenters. The highest BCUT2D eigenvalue weighted by Gasteiger charge is 2.16. The van der Waals surface area contributed by atoms with Gasteiger partial charge in [-0.1, -0.05) is 195 Å². The van der Waals surface area contributed by atoms with E-state index in [9.17, 15) is 14.7 Å². The summed E-state index contributed by atoms with van der Waals surface area (Å²) in [6, 6.07) is 0. The maximum Gasteiger partial charge on any atom is 0.306 e. The highest BCUT2D eigenvalue weighted by Crippen LogP contribution is 2.14. The fraction of sp³-hybridized carbons (Fsp3) is 0.686. The Morgan fingerprint density at radius 3 is 1.07 bits per heavy atom. The Morgan fingerprint density at radius 1 is 0.411 bits per heavy atom. The maximum atomic E-state index is 12.2. The molecule has 0 saturated carbocycles. The molecule has 0 aromatic rings. The third-order valence-electron chi connectivity index (χ3n) is 9.68. The van der Waals surface area contributed by atoms with Crippen LogP contribution in [-0.4, -0.2) is 36.4 Å². The van der Waals surface area contributed by atoms with Crippen molar-refractivity contribution in [1.29, 1.82) is 0 Å². The van der Waals surface area contributed by atoms with Crippen molar-refractivity contribution in [3.63, 3.8) is 0 Å². The second-order valence-corrected chi connectivity index (χ2v) is 15.1. The van der Waals surface area contributed by atoms with Gasteiger partial charge in [-0.25, -0.2) is 0 Å². The van der Waals surface area contributed by atoms with Crippen molar-refractivity contribution in [2.24, 2.45) is 0 Å². The summed E-state index contributed by atoms with van der Waals surface area (Å²) in [5, 5.41) is 9.60. The third-order valence-corrected chi connectivity index (χ3v) is 9.68. The summed E-state index contributed by atoms with van der Waals surface area (Å²) in [4.78, 5) is 24.4. The predicted molar refractivity (Wildman–Crippen MR) is 242 cm³/mol. The Bertz CT molecular complexity index is 1060. The molecule has 5 heteroatoms. The second kappa shape index (κ2) is 46.5. The lowest BCUT2D eigenvalue weighted by Crippen LogP contribution is -2.28. The summed E-state index contributed by atoms with van der Waals surface area (Å²) in [5.41, 5.74) is 0. The largest absolute Gasteiger partial charge is 0.462 e. The van der Waals surface area contributed by atoms with Gasteiger partial charge >= 0.3 is 11.9 Å². The van der Waals surface area contributed by atoms with E-state index in [1.807, 2.05) is 0 Å². The molecule has 0 aromatic carbocycles. The summed E-state index contributed by atoms with van der Waals surface area (Å²) in [5.74, 6) is -0.607. The van der Waals surface area contributed by atoms with Crippen LogP contribution in [-0.2, 0) is 19.1 Å². The first-order chi connectivity index (χ1) is 27.6. The van der Waals surface area contributed by atoms with Gasteiger partial charge in [0.05, 0.1) is 6.61 Å². The van der Waals surface area contributed by atoms with Gasteiger partial charge in [0.1, 0.15) is 6.61 Å². The molecule has 0 fully saturated rings. The van der Waals surface area contributed by atoms with Crippen molar-refractivity contribution in [1.82, 2.24) is 0 Å². The molecule has 0 rings (SSSR count). The first-order valence-corrected chi connectivity index (χ1v) is 23.1. The topological polar surface area (TPSA) is 72.8 Å². The van der Waals surface area contributed by atoms with Crippen molar-refractivity contribution >= 4 is 11.9 Å². The van der Waals surface area contributed by atoms with E-state index in [0.29, 0.717) is 12.8 Å². The molecule has 56 heavy (non-hydrogen) atoms. The summed E-state index contributed by atoms with van der Waals surface area (Å²) in [7, 11) is 0. The van der Waals surface area contributed by atoms with Crippen LogP contribution in [0.25, 0.3) is 0 Å². The summed E-state index contributed by atoms with van der Waals surface area (Å²) in [6.07, 6.45) is 63.7. The maximum absolute atomic E-state index is 12.2. The first kappa shape index (κ1) is 53.1. The highest BCUT2D eigenvalue weighted by molar-refractivity contribution is 5.70. The van der Waals surface area contributed by atoms with Gasteiger partial charge in [0.25, 0.3) is 0 Å². The Balaban J connectivity index is 3.54. The number of carbonyl (C=O) groups excluding carboxylic acids is 2. The zero-order chi connectivity index (χ0) is 40.7. The van der Waals surface area contributed by atoms with Crippen LogP contribution in [0.5, 0.6) is 0 Å². The van der Waals surface area contributed by atoms with Crippen LogP contribution in [0.1, 0.15) is 206 Å². The fourth-order valence-electron chi connectivity index (χ4n) is 6.27. The van der Waals surface area contributed by atoms with E-state index < -0.39 is 6.10 Å². The zero-order valence-corrected chi connectivity index (χ0v) is 36.4. The molecule has 320 valence electrons. The number of ether oxygens (including phenoxy) is 2. The number of rotatable bonds is 41. The fourth-order valence-corrected chi connectivity index (χ4v) is 6.27. The number of aliphatic hydroxyl groups excluding tert-OH is 1. The number of hydrogen-bond acceptors (Lipinski definition) is 5. The number of allylic oxidation sites excluding steroid dienone is 14. The Kier molecular flexibility index (Phi) is 44.0. The average molecular weight is 779 g/mol. The Hall–Kier alpha value is -2.92. The van der Waals surface area contributed by atoms with Gasteiger partial charge < -0.3 is 14.6 Å². The van der Waals surface area contributed by atoms with Crippen LogP contribution < -0.4 is 0 Å². The zero-order valence-electron chi connectivity index (χ0n) is 36.4. The molecular formula is C51H86O5. The van der Waals surface area contributed by atoms with Gasteiger partial charge in [-0.05, 0) is 83.5 Å². The van der Waals surface area contributed by atoms with Crippen molar-refractivity contribution in [3.05, 3.63) is 85.1 Å². The Labute approximate surface area is 346 Å². The quantitative estimate of drug-likeness (QED) is 0.0380. The molecule has 0 spiro atoms. The minimum Gasteiger partial charge on any atom is -0.462 e. The van der Waals surface area contributed by atoms with E-state index in [4.69, 9.17) is 9.47 Å². The van der Waals surface area contributed by atoms with E-state index in [1.165, 1.54) is 89.9 Å². The standard InChI is InChI=1S/C51H86O5/c1-3-5-7-9-11-13-15-17-19-21-22-23-24-25-26-27-28-30-32-34-36-38-40-42-44-46-51(54)56-49(47-52)48-55-50(53)45-43-41-39-37-35-33-31-29-20-18-16-14-12-10-8-6-4-2/h5-8,11-14,17-20,22-23,49,52H,3-4,9-10,15-16,21,24-48H2,1-2H3/b7-5-,8-6-,13-11-,14-12-,19-17-,20-18-,23-22-. The molecule has 0 aromatic heterocycles. The molecule has 5 nitrogen and oxygen atoms in total. The summed E-state index contributed by atoms with van der Waals surface area (Å²) in [6.45, 7) is 3.91. The van der Waals surface area contributed by atoms with Crippen LogP contribution in [0.15, 0.2) is 85.1 Å². The van der Waals surface area contributed by atoms with E-state index in [2.05, 4.69) is 98.9 Å².